The summed E-state index contributed by atoms with van der Waals surface area (Å²) < 4.78 is 22.3. The number of benzene rings is 3. The summed E-state index contributed by atoms with van der Waals surface area (Å²) in [6.45, 7) is 0. The number of nitrogens with one attached hydrogen (secondary N) is 2. The molecular weight excluding hydrogens is 423 g/mol. The van der Waals surface area contributed by atoms with E-state index in [-0.39, 0.29) is 10.7 Å². The minimum Gasteiger partial charge on any atom is -0.455 e. The summed E-state index contributed by atoms with van der Waals surface area (Å²) in [5.74, 6) is 0.338. The Bertz CT molecular complexity index is 1350. The molecule has 4 aromatic rings. The molecule has 0 aliphatic carbocycles. The van der Waals surface area contributed by atoms with E-state index in [1.54, 1.807) is 38.4 Å². The molecule has 0 radical (unpaired) electrons. The number of aryl methyl sites for hydroxylation is 2. The maximum atomic E-state index is 13.4. The van der Waals surface area contributed by atoms with Gasteiger partial charge in [0.05, 0.1) is 21.7 Å². The standard InChI is InChI=1S/C22H18ClFN4O3/c1-27-18-11-17(26-21(29)25-13-8-9-16(24)15(23)10-13)20(12-19(18)28(2)22(27)30)31-14-6-4-3-5-7-14/h3-12H,1-2H3,(H2,25,26,29). The van der Waals surface area contributed by atoms with E-state index in [1.807, 2.05) is 18.2 Å². The van der Waals surface area contributed by atoms with Crippen LogP contribution in [0.2, 0.25) is 5.02 Å². The van der Waals surface area contributed by atoms with Crippen LogP contribution in [0.25, 0.3) is 11.0 Å². The Balaban J connectivity index is 1.70. The summed E-state index contributed by atoms with van der Waals surface area (Å²) in [5, 5.41) is 5.22. The molecule has 0 aliphatic rings. The zero-order valence-corrected chi connectivity index (χ0v) is 17.4. The molecule has 7 nitrogen and oxygen atoms in total. The smallest absolute Gasteiger partial charge is 0.328 e. The monoisotopic (exact) mass is 440 g/mol. The zero-order chi connectivity index (χ0) is 22.1. The largest absolute Gasteiger partial charge is 0.455 e. The van der Waals surface area contributed by atoms with Crippen LogP contribution < -0.4 is 21.1 Å². The van der Waals surface area contributed by atoms with E-state index < -0.39 is 11.8 Å². The summed E-state index contributed by atoms with van der Waals surface area (Å²) in [4.78, 5) is 24.9. The molecule has 9 heteroatoms. The lowest BCUT2D eigenvalue weighted by atomic mass is 10.2. The number of carbonyl (C=O) groups is 1. The summed E-state index contributed by atoms with van der Waals surface area (Å²) >= 11 is 5.77. The van der Waals surface area contributed by atoms with Crippen molar-refractivity contribution in [1.29, 1.82) is 0 Å². The molecule has 0 atom stereocenters. The first-order valence-electron chi connectivity index (χ1n) is 9.29. The fraction of sp³-hybridized carbons (Fsp3) is 0.0909. The molecule has 2 amide bonds. The van der Waals surface area contributed by atoms with Crippen molar-refractivity contribution in [2.75, 3.05) is 10.6 Å². The lowest BCUT2D eigenvalue weighted by Crippen LogP contribution is -2.20. The molecule has 3 aromatic carbocycles. The summed E-state index contributed by atoms with van der Waals surface area (Å²) in [6, 6.07) is 15.7. The van der Waals surface area contributed by atoms with Crippen molar-refractivity contribution in [2.24, 2.45) is 14.1 Å². The van der Waals surface area contributed by atoms with Crippen molar-refractivity contribution in [1.82, 2.24) is 9.13 Å². The molecule has 0 spiro atoms. The van der Waals surface area contributed by atoms with Crippen molar-refractivity contribution in [3.8, 4) is 11.5 Å². The molecule has 0 saturated heterocycles. The number of imidazole rings is 1. The first-order valence-corrected chi connectivity index (χ1v) is 9.66. The van der Waals surface area contributed by atoms with E-state index in [2.05, 4.69) is 10.6 Å². The molecule has 0 aliphatic heterocycles. The van der Waals surface area contributed by atoms with Gasteiger partial charge in [0.25, 0.3) is 0 Å². The Hall–Kier alpha value is -3.78. The van der Waals surface area contributed by atoms with Crippen molar-refractivity contribution in [3.63, 3.8) is 0 Å². The molecular formula is C22H18ClFN4O3. The van der Waals surface area contributed by atoms with Crippen molar-refractivity contribution in [3.05, 3.63) is 82.0 Å². The van der Waals surface area contributed by atoms with Gasteiger partial charge < -0.3 is 15.4 Å². The quantitative estimate of drug-likeness (QED) is 0.463. The lowest BCUT2D eigenvalue weighted by Gasteiger charge is -2.14. The molecule has 1 aromatic heterocycles. The Morgan fingerprint density at radius 3 is 2.32 bits per heavy atom. The summed E-state index contributed by atoms with van der Waals surface area (Å²) in [7, 11) is 3.31. The first kappa shape index (κ1) is 20.5. The maximum absolute atomic E-state index is 13.4. The molecule has 0 bridgehead atoms. The Labute approximate surface area is 181 Å². The third-order valence-corrected chi connectivity index (χ3v) is 5.06. The number of nitrogens with zero attached hydrogens (tertiary/aromatic N) is 2. The van der Waals surface area contributed by atoms with Gasteiger partial charge in [0.15, 0.2) is 5.75 Å². The van der Waals surface area contributed by atoms with E-state index in [9.17, 15) is 14.0 Å². The van der Waals surface area contributed by atoms with Crippen LogP contribution in [-0.4, -0.2) is 15.2 Å². The summed E-state index contributed by atoms with van der Waals surface area (Å²) in [5.41, 5.74) is 1.73. The van der Waals surface area contributed by atoms with Crippen LogP contribution in [0.5, 0.6) is 11.5 Å². The highest BCUT2D eigenvalue weighted by Gasteiger charge is 2.16. The fourth-order valence-electron chi connectivity index (χ4n) is 3.18. The van der Waals surface area contributed by atoms with Crippen molar-refractivity contribution < 1.29 is 13.9 Å². The fourth-order valence-corrected chi connectivity index (χ4v) is 3.36. The molecule has 0 unspecified atom stereocenters. The van der Waals surface area contributed by atoms with Crippen molar-refractivity contribution in [2.45, 2.75) is 0 Å². The number of amides is 2. The average Bonchev–Trinajstić information content (AvgIpc) is 2.95. The van der Waals surface area contributed by atoms with E-state index in [1.165, 1.54) is 21.3 Å². The van der Waals surface area contributed by atoms with Gasteiger partial charge in [-0.25, -0.2) is 14.0 Å². The molecule has 0 saturated carbocycles. The lowest BCUT2D eigenvalue weighted by molar-refractivity contribution is 0.262. The first-order chi connectivity index (χ1) is 14.8. The predicted molar refractivity (Wildman–Crippen MR) is 119 cm³/mol. The van der Waals surface area contributed by atoms with Crippen LogP contribution in [0, 0.1) is 5.82 Å². The van der Waals surface area contributed by atoms with Crippen LogP contribution in [0.1, 0.15) is 0 Å². The maximum Gasteiger partial charge on any atom is 0.328 e. The van der Waals surface area contributed by atoms with Crippen LogP contribution in [0.15, 0.2) is 65.5 Å². The minimum absolute atomic E-state index is 0.105. The van der Waals surface area contributed by atoms with Crippen LogP contribution >= 0.6 is 11.6 Å². The van der Waals surface area contributed by atoms with Gasteiger partial charge in [-0.05, 0) is 36.4 Å². The van der Waals surface area contributed by atoms with Crippen LogP contribution in [0.4, 0.5) is 20.6 Å². The average molecular weight is 441 g/mol. The zero-order valence-electron chi connectivity index (χ0n) is 16.6. The van der Waals surface area contributed by atoms with Gasteiger partial charge in [-0.1, -0.05) is 29.8 Å². The highest BCUT2D eigenvalue weighted by molar-refractivity contribution is 6.31. The van der Waals surface area contributed by atoms with Crippen LogP contribution in [-0.2, 0) is 14.1 Å². The Kier molecular flexibility index (Phi) is 5.39. The molecule has 31 heavy (non-hydrogen) atoms. The highest BCUT2D eigenvalue weighted by Crippen LogP contribution is 2.33. The van der Waals surface area contributed by atoms with Crippen LogP contribution in [0.3, 0.4) is 0 Å². The third-order valence-electron chi connectivity index (χ3n) is 4.77. The topological polar surface area (TPSA) is 77.3 Å². The number of urea groups is 1. The second-order valence-corrected chi connectivity index (χ2v) is 7.27. The molecule has 158 valence electrons. The number of halogens is 2. The molecule has 4 rings (SSSR count). The third kappa shape index (κ3) is 4.10. The number of anilines is 2. The number of aromatic nitrogens is 2. The van der Waals surface area contributed by atoms with E-state index in [0.29, 0.717) is 33.9 Å². The van der Waals surface area contributed by atoms with E-state index >= 15 is 0 Å². The number of hydrogen-bond donors (Lipinski definition) is 2. The number of hydrogen-bond acceptors (Lipinski definition) is 3. The number of carbonyl (C=O) groups excluding carboxylic acids is 1. The minimum atomic E-state index is -0.583. The number of para-hydroxylation sites is 1. The Morgan fingerprint density at radius 2 is 1.65 bits per heavy atom. The van der Waals surface area contributed by atoms with Gasteiger partial charge in [-0.3, -0.25) is 9.13 Å². The van der Waals surface area contributed by atoms with Gasteiger partial charge in [0.1, 0.15) is 11.6 Å². The van der Waals surface area contributed by atoms with Gasteiger partial charge in [0, 0.05) is 25.8 Å². The molecule has 2 N–H and O–H groups in total. The van der Waals surface area contributed by atoms with E-state index in [0.717, 1.165) is 6.07 Å². The van der Waals surface area contributed by atoms with Crippen molar-refractivity contribution >= 4 is 40.0 Å². The SMILES string of the molecule is Cn1c(=O)n(C)c2cc(Oc3ccccc3)c(NC(=O)Nc3ccc(F)c(Cl)c3)cc21. The second kappa shape index (κ2) is 8.16. The second-order valence-electron chi connectivity index (χ2n) is 6.86. The number of rotatable bonds is 4. The van der Waals surface area contributed by atoms with E-state index in [4.69, 9.17) is 16.3 Å². The number of fused-ring (bicyclic) bond motifs is 1. The van der Waals surface area contributed by atoms with Gasteiger partial charge >= 0.3 is 11.7 Å². The molecule has 1 heterocycles. The van der Waals surface area contributed by atoms with Gasteiger partial charge in [-0.2, -0.15) is 0 Å². The Morgan fingerprint density at radius 1 is 0.968 bits per heavy atom. The number of ether oxygens (including phenoxy) is 1. The normalized spacial score (nSPS) is 10.8. The van der Waals surface area contributed by atoms with Gasteiger partial charge in [0.2, 0.25) is 0 Å². The molecule has 0 fully saturated rings. The van der Waals surface area contributed by atoms with Gasteiger partial charge in [-0.15, -0.1) is 0 Å². The summed E-state index contributed by atoms with van der Waals surface area (Å²) in [6.07, 6.45) is 0. The predicted octanol–water partition coefficient (Wildman–Crippen LogP) is 5.11. The highest BCUT2D eigenvalue weighted by atomic mass is 35.5.